The summed E-state index contributed by atoms with van der Waals surface area (Å²) in [4.78, 5) is 20.2. The quantitative estimate of drug-likeness (QED) is 0.361. The molecule has 0 bridgehead atoms. The first-order valence-electron chi connectivity index (χ1n) is 11.2. The minimum Gasteiger partial charge on any atom is -0.492 e. The van der Waals surface area contributed by atoms with E-state index in [-0.39, 0.29) is 16.9 Å². The average molecular weight is 513 g/mol. The Balaban J connectivity index is 2.12. The van der Waals surface area contributed by atoms with Gasteiger partial charge < -0.3 is 9.64 Å². The first kappa shape index (κ1) is 25.0. The Hall–Kier alpha value is -2.67. The number of fused-ring (bicyclic) bond motifs is 1. The van der Waals surface area contributed by atoms with Crippen molar-refractivity contribution in [1.82, 2.24) is 9.66 Å². The second kappa shape index (κ2) is 10.1. The Morgan fingerprint density at radius 3 is 2.58 bits per heavy atom. The van der Waals surface area contributed by atoms with Crippen LogP contribution in [0.5, 0.6) is 5.75 Å². The number of rotatable bonds is 7. The molecule has 0 saturated carbocycles. The highest BCUT2D eigenvalue weighted by atomic mass is 79.9. The maximum absolute atomic E-state index is 13.4. The van der Waals surface area contributed by atoms with Gasteiger partial charge in [0.15, 0.2) is 0 Å². The van der Waals surface area contributed by atoms with E-state index in [1.54, 1.807) is 12.3 Å². The van der Waals surface area contributed by atoms with Crippen LogP contribution >= 0.6 is 15.9 Å². The highest BCUT2D eigenvalue weighted by molar-refractivity contribution is 9.10. The second-order valence-corrected chi connectivity index (χ2v) is 10.7. The van der Waals surface area contributed by atoms with Crippen molar-refractivity contribution in [3.63, 3.8) is 0 Å². The minimum absolute atomic E-state index is 0.0127. The molecule has 0 N–H and O–H groups in total. The zero-order valence-corrected chi connectivity index (χ0v) is 22.1. The van der Waals surface area contributed by atoms with Gasteiger partial charge in [-0.3, -0.25) is 4.79 Å². The summed E-state index contributed by atoms with van der Waals surface area (Å²) in [6.07, 6.45) is 2.54. The highest BCUT2D eigenvalue weighted by Crippen LogP contribution is 2.26. The van der Waals surface area contributed by atoms with Gasteiger partial charge in [0.25, 0.3) is 5.56 Å². The first-order valence-corrected chi connectivity index (χ1v) is 12.0. The molecule has 0 amide bonds. The molecule has 7 heteroatoms. The van der Waals surface area contributed by atoms with Crippen LogP contribution in [0.15, 0.2) is 50.8 Å². The smallest absolute Gasteiger partial charge is 0.282 e. The Kier molecular flexibility index (Phi) is 7.62. The van der Waals surface area contributed by atoms with Gasteiger partial charge in [-0.05, 0) is 42.2 Å². The molecule has 2 aromatic carbocycles. The molecule has 0 unspecified atom stereocenters. The maximum atomic E-state index is 13.4. The number of hydrogen-bond donors (Lipinski definition) is 0. The molecule has 1 aromatic heterocycles. The van der Waals surface area contributed by atoms with Crippen molar-refractivity contribution >= 4 is 38.7 Å². The van der Waals surface area contributed by atoms with Crippen molar-refractivity contribution in [2.24, 2.45) is 10.5 Å². The highest BCUT2D eigenvalue weighted by Gasteiger charge is 2.17. The molecule has 0 radical (unpaired) electrons. The molecule has 0 spiro atoms. The van der Waals surface area contributed by atoms with E-state index in [2.05, 4.69) is 55.7 Å². The van der Waals surface area contributed by atoms with Gasteiger partial charge in [0, 0.05) is 41.8 Å². The van der Waals surface area contributed by atoms with E-state index in [0.29, 0.717) is 23.3 Å². The summed E-state index contributed by atoms with van der Waals surface area (Å²) >= 11 is 3.45. The third kappa shape index (κ3) is 6.02. The molecule has 6 nitrogen and oxygen atoms in total. The van der Waals surface area contributed by atoms with E-state index in [4.69, 9.17) is 9.72 Å². The fraction of sp³-hybridized carbons (Fsp3) is 0.423. The molecular weight excluding hydrogens is 480 g/mol. The molecule has 1 atom stereocenters. The van der Waals surface area contributed by atoms with Gasteiger partial charge in [0.05, 0.1) is 23.7 Å². The van der Waals surface area contributed by atoms with Crippen molar-refractivity contribution in [3.05, 3.63) is 62.6 Å². The van der Waals surface area contributed by atoms with E-state index in [0.717, 1.165) is 27.9 Å². The number of aromatic nitrogens is 2. The Morgan fingerprint density at radius 2 is 1.94 bits per heavy atom. The molecule has 0 aliphatic rings. The van der Waals surface area contributed by atoms with Crippen molar-refractivity contribution in [2.75, 3.05) is 25.6 Å². The molecule has 0 aliphatic heterocycles. The molecule has 3 aromatic rings. The third-order valence-electron chi connectivity index (χ3n) is 5.37. The van der Waals surface area contributed by atoms with E-state index in [1.807, 2.05) is 49.3 Å². The van der Waals surface area contributed by atoms with E-state index in [1.165, 1.54) is 4.68 Å². The van der Waals surface area contributed by atoms with Gasteiger partial charge in [-0.1, -0.05) is 50.5 Å². The Morgan fingerprint density at radius 1 is 1.21 bits per heavy atom. The van der Waals surface area contributed by atoms with Crippen molar-refractivity contribution in [1.29, 1.82) is 0 Å². The van der Waals surface area contributed by atoms with Crippen LogP contribution in [-0.4, -0.2) is 36.6 Å². The third-order valence-corrected chi connectivity index (χ3v) is 5.87. The van der Waals surface area contributed by atoms with Crippen LogP contribution in [0.3, 0.4) is 0 Å². The zero-order valence-electron chi connectivity index (χ0n) is 20.5. The van der Waals surface area contributed by atoms with Gasteiger partial charge in [-0.15, -0.1) is 0 Å². The number of halogens is 1. The molecule has 1 heterocycles. The summed E-state index contributed by atoms with van der Waals surface area (Å²) in [7, 11) is 3.99. The summed E-state index contributed by atoms with van der Waals surface area (Å²) in [6.45, 7) is 11.1. The second-order valence-electron chi connectivity index (χ2n) is 9.77. The summed E-state index contributed by atoms with van der Waals surface area (Å²) in [5.41, 5.74) is 2.34. The predicted octanol–water partition coefficient (Wildman–Crippen LogP) is 6.05. The first-order chi connectivity index (χ1) is 15.5. The Bertz CT molecular complexity index is 1230. The summed E-state index contributed by atoms with van der Waals surface area (Å²) in [5.74, 6) is 1.46. The van der Waals surface area contributed by atoms with Crippen LogP contribution in [0, 0.1) is 5.41 Å². The van der Waals surface area contributed by atoms with Crippen LogP contribution in [0.1, 0.15) is 58.3 Å². The summed E-state index contributed by atoms with van der Waals surface area (Å²) < 4.78 is 8.43. The number of benzene rings is 2. The Labute approximate surface area is 204 Å². The molecule has 176 valence electrons. The molecule has 3 rings (SSSR count). The SMILES string of the molecule is CC[C@@H](C)c1nc2ccc(Br)cc2c(=O)n1N=Cc1ccc(N(C)C)cc1OCC(C)(C)C. The number of anilines is 1. The predicted molar refractivity (Wildman–Crippen MR) is 141 cm³/mol. The van der Waals surface area contributed by atoms with Gasteiger partial charge in [-0.2, -0.15) is 9.78 Å². The largest absolute Gasteiger partial charge is 0.492 e. The monoisotopic (exact) mass is 512 g/mol. The summed E-state index contributed by atoms with van der Waals surface area (Å²) in [6, 6.07) is 11.5. The lowest BCUT2D eigenvalue weighted by Crippen LogP contribution is -2.24. The summed E-state index contributed by atoms with van der Waals surface area (Å²) in [5, 5.41) is 5.14. The van der Waals surface area contributed by atoms with Crippen LogP contribution in [0.2, 0.25) is 0 Å². The number of ether oxygens (including phenoxy) is 1. The molecule has 0 fully saturated rings. The van der Waals surface area contributed by atoms with Gasteiger partial charge in [0.2, 0.25) is 0 Å². The van der Waals surface area contributed by atoms with Crippen LogP contribution < -0.4 is 15.2 Å². The standard InChI is InChI=1S/C26H33BrN4O2/c1-8-17(2)24-29-22-12-10-19(27)13-21(22)25(32)31(24)28-15-18-9-11-20(30(6)7)14-23(18)33-16-26(3,4)5/h9-15,17H,8,16H2,1-7H3/t17-/m1/s1. The average Bonchev–Trinajstić information content (AvgIpc) is 2.76. The van der Waals surface area contributed by atoms with Crippen molar-refractivity contribution < 1.29 is 4.74 Å². The molecule has 0 aliphatic carbocycles. The fourth-order valence-corrected chi connectivity index (χ4v) is 3.59. The van der Waals surface area contributed by atoms with E-state index in [9.17, 15) is 4.79 Å². The lowest BCUT2D eigenvalue weighted by atomic mass is 9.98. The normalized spacial score (nSPS) is 13.0. The maximum Gasteiger partial charge on any atom is 0.282 e. The van der Waals surface area contributed by atoms with E-state index < -0.39 is 0 Å². The van der Waals surface area contributed by atoms with Crippen molar-refractivity contribution in [2.45, 2.75) is 47.0 Å². The lowest BCUT2D eigenvalue weighted by molar-refractivity contribution is 0.198. The molecular formula is C26H33BrN4O2. The van der Waals surface area contributed by atoms with Gasteiger partial charge in [-0.25, -0.2) is 4.98 Å². The van der Waals surface area contributed by atoms with Crippen molar-refractivity contribution in [3.8, 4) is 5.75 Å². The fourth-order valence-electron chi connectivity index (χ4n) is 3.23. The number of hydrogen-bond acceptors (Lipinski definition) is 5. The lowest BCUT2D eigenvalue weighted by Gasteiger charge is -2.21. The van der Waals surface area contributed by atoms with Crippen LogP contribution in [0.25, 0.3) is 10.9 Å². The zero-order chi connectivity index (χ0) is 24.3. The molecule has 0 saturated heterocycles. The van der Waals surface area contributed by atoms with E-state index >= 15 is 0 Å². The van der Waals surface area contributed by atoms with Gasteiger partial charge >= 0.3 is 0 Å². The van der Waals surface area contributed by atoms with Crippen LogP contribution in [0.4, 0.5) is 5.69 Å². The topological polar surface area (TPSA) is 59.7 Å². The van der Waals surface area contributed by atoms with Gasteiger partial charge in [0.1, 0.15) is 11.6 Å². The molecule has 33 heavy (non-hydrogen) atoms. The van der Waals surface area contributed by atoms with Crippen LogP contribution in [-0.2, 0) is 0 Å². The minimum atomic E-state index is -0.185. The number of nitrogens with zero attached hydrogens (tertiary/aromatic N) is 4.